The number of hydrogen-bond acceptors (Lipinski definition) is 4. The highest BCUT2D eigenvalue weighted by molar-refractivity contribution is 5.85. The maximum Gasteiger partial charge on any atom is 0.277 e. The molecule has 0 aliphatic heterocycles. The number of aryl methyl sites for hydroxylation is 3. The van der Waals surface area contributed by atoms with Gasteiger partial charge in [-0.3, -0.25) is 4.79 Å². The molecule has 1 amide bonds. The summed E-state index contributed by atoms with van der Waals surface area (Å²) < 4.78 is 5.54. The molecular formula is C18H20N2O3. The van der Waals surface area contributed by atoms with E-state index in [1.165, 1.54) is 6.21 Å². The Balaban J connectivity index is 1.89. The fourth-order valence-electron chi connectivity index (χ4n) is 2.13. The minimum atomic E-state index is -0.365. The third-order valence-electron chi connectivity index (χ3n) is 3.34. The molecule has 0 spiro atoms. The number of para-hydroxylation sites is 1. The van der Waals surface area contributed by atoms with E-state index in [4.69, 9.17) is 4.74 Å². The van der Waals surface area contributed by atoms with E-state index < -0.39 is 0 Å². The summed E-state index contributed by atoms with van der Waals surface area (Å²) in [4.78, 5) is 11.8. The number of aromatic hydroxyl groups is 1. The van der Waals surface area contributed by atoms with Gasteiger partial charge in [-0.25, -0.2) is 5.43 Å². The summed E-state index contributed by atoms with van der Waals surface area (Å²) in [6.07, 6.45) is 1.39. The van der Waals surface area contributed by atoms with E-state index in [0.717, 1.165) is 16.7 Å². The molecular weight excluding hydrogens is 292 g/mol. The van der Waals surface area contributed by atoms with Gasteiger partial charge in [-0.05, 0) is 49.6 Å². The Bertz CT molecular complexity index is 719. The van der Waals surface area contributed by atoms with E-state index in [1.807, 2.05) is 45.0 Å². The van der Waals surface area contributed by atoms with Crippen molar-refractivity contribution in [3.05, 3.63) is 58.7 Å². The molecule has 2 aromatic carbocycles. The van der Waals surface area contributed by atoms with Gasteiger partial charge in [0.2, 0.25) is 0 Å². The molecule has 120 valence electrons. The zero-order valence-electron chi connectivity index (χ0n) is 13.5. The first-order valence-electron chi connectivity index (χ1n) is 7.28. The second-order valence-corrected chi connectivity index (χ2v) is 5.37. The Morgan fingerprint density at radius 2 is 1.91 bits per heavy atom. The van der Waals surface area contributed by atoms with Crippen molar-refractivity contribution in [2.45, 2.75) is 20.8 Å². The fraction of sp³-hybridized carbons (Fsp3) is 0.222. The van der Waals surface area contributed by atoms with Gasteiger partial charge in [0.05, 0.1) is 6.21 Å². The molecule has 0 saturated heterocycles. The maximum absolute atomic E-state index is 11.8. The molecule has 2 aromatic rings. The number of hydrazone groups is 1. The Labute approximate surface area is 135 Å². The van der Waals surface area contributed by atoms with Crippen molar-refractivity contribution in [2.24, 2.45) is 5.10 Å². The number of nitrogens with one attached hydrogen (secondary N) is 1. The van der Waals surface area contributed by atoms with Crippen LogP contribution in [0.25, 0.3) is 0 Å². The number of rotatable bonds is 5. The Morgan fingerprint density at radius 3 is 2.57 bits per heavy atom. The lowest BCUT2D eigenvalue weighted by Crippen LogP contribution is -2.25. The lowest BCUT2D eigenvalue weighted by atomic mass is 10.1. The van der Waals surface area contributed by atoms with Crippen LogP contribution in [0.15, 0.2) is 41.5 Å². The van der Waals surface area contributed by atoms with Gasteiger partial charge in [0, 0.05) is 5.56 Å². The number of carbonyl (C=O) groups excluding carboxylic acids is 1. The van der Waals surface area contributed by atoms with E-state index >= 15 is 0 Å². The van der Waals surface area contributed by atoms with Crippen LogP contribution in [0, 0.1) is 20.8 Å². The molecule has 0 aliphatic carbocycles. The number of ether oxygens (including phenoxy) is 1. The Morgan fingerprint density at radius 1 is 1.22 bits per heavy atom. The van der Waals surface area contributed by atoms with Crippen molar-refractivity contribution in [3.63, 3.8) is 0 Å². The monoisotopic (exact) mass is 312 g/mol. The lowest BCUT2D eigenvalue weighted by Gasteiger charge is -2.10. The van der Waals surface area contributed by atoms with Crippen LogP contribution in [0.3, 0.4) is 0 Å². The first kappa shape index (κ1) is 16.5. The predicted molar refractivity (Wildman–Crippen MR) is 90.0 cm³/mol. The van der Waals surface area contributed by atoms with Gasteiger partial charge in [0.1, 0.15) is 11.5 Å². The van der Waals surface area contributed by atoms with Crippen molar-refractivity contribution in [1.82, 2.24) is 5.43 Å². The summed E-state index contributed by atoms with van der Waals surface area (Å²) >= 11 is 0. The molecule has 0 atom stereocenters. The molecule has 2 rings (SSSR count). The first-order chi connectivity index (χ1) is 11.0. The number of phenols is 1. The number of hydrogen-bond donors (Lipinski definition) is 2. The molecule has 0 bridgehead atoms. The summed E-state index contributed by atoms with van der Waals surface area (Å²) in [6.45, 7) is 5.62. The van der Waals surface area contributed by atoms with Gasteiger partial charge in [-0.15, -0.1) is 0 Å². The molecule has 0 aromatic heterocycles. The number of carbonyl (C=O) groups is 1. The zero-order valence-corrected chi connectivity index (χ0v) is 13.5. The number of benzene rings is 2. The smallest absolute Gasteiger partial charge is 0.277 e. The molecule has 0 radical (unpaired) electrons. The van der Waals surface area contributed by atoms with Crippen LogP contribution in [0.1, 0.15) is 22.3 Å². The van der Waals surface area contributed by atoms with Gasteiger partial charge in [0.25, 0.3) is 5.91 Å². The van der Waals surface area contributed by atoms with E-state index in [-0.39, 0.29) is 18.3 Å². The largest absolute Gasteiger partial charge is 0.507 e. The van der Waals surface area contributed by atoms with Gasteiger partial charge < -0.3 is 9.84 Å². The molecule has 5 nitrogen and oxygen atoms in total. The highest BCUT2D eigenvalue weighted by Crippen LogP contribution is 2.22. The van der Waals surface area contributed by atoms with Crippen molar-refractivity contribution in [1.29, 1.82) is 0 Å². The minimum Gasteiger partial charge on any atom is -0.507 e. The SMILES string of the molecule is Cc1ccc(/C=N/NC(=O)COc2c(C)cccc2C)c(O)c1. The summed E-state index contributed by atoms with van der Waals surface area (Å²) in [6, 6.07) is 11.0. The van der Waals surface area contributed by atoms with Gasteiger partial charge in [-0.1, -0.05) is 24.3 Å². The van der Waals surface area contributed by atoms with Crippen molar-refractivity contribution >= 4 is 12.1 Å². The predicted octanol–water partition coefficient (Wildman–Crippen LogP) is 2.85. The summed E-state index contributed by atoms with van der Waals surface area (Å²) in [5.41, 5.74) is 5.82. The van der Waals surface area contributed by atoms with Gasteiger partial charge in [-0.2, -0.15) is 5.10 Å². The normalized spacial score (nSPS) is 10.7. The fourth-order valence-corrected chi connectivity index (χ4v) is 2.13. The number of amides is 1. The summed E-state index contributed by atoms with van der Waals surface area (Å²) in [5, 5.41) is 13.6. The third kappa shape index (κ3) is 4.57. The Hall–Kier alpha value is -2.82. The lowest BCUT2D eigenvalue weighted by molar-refractivity contribution is -0.123. The highest BCUT2D eigenvalue weighted by atomic mass is 16.5. The first-order valence-corrected chi connectivity index (χ1v) is 7.28. The number of nitrogens with zero attached hydrogens (tertiary/aromatic N) is 1. The Kier molecular flexibility index (Phi) is 5.36. The second kappa shape index (κ2) is 7.45. The topological polar surface area (TPSA) is 70.9 Å². The second-order valence-electron chi connectivity index (χ2n) is 5.37. The van der Waals surface area contributed by atoms with E-state index in [1.54, 1.807) is 12.1 Å². The quantitative estimate of drug-likeness (QED) is 0.659. The van der Waals surface area contributed by atoms with Crippen LogP contribution in [-0.4, -0.2) is 23.8 Å². The average molecular weight is 312 g/mol. The zero-order chi connectivity index (χ0) is 16.8. The van der Waals surface area contributed by atoms with Crippen LogP contribution in [0.2, 0.25) is 0 Å². The minimum absolute atomic E-state index is 0.120. The average Bonchev–Trinajstić information content (AvgIpc) is 2.49. The van der Waals surface area contributed by atoms with Crippen LogP contribution < -0.4 is 10.2 Å². The van der Waals surface area contributed by atoms with Crippen LogP contribution >= 0.6 is 0 Å². The highest BCUT2D eigenvalue weighted by Gasteiger charge is 2.06. The molecule has 5 heteroatoms. The van der Waals surface area contributed by atoms with Crippen molar-refractivity contribution < 1.29 is 14.6 Å². The van der Waals surface area contributed by atoms with Crippen LogP contribution in [-0.2, 0) is 4.79 Å². The summed E-state index contributed by atoms with van der Waals surface area (Å²) in [5.74, 6) is 0.466. The van der Waals surface area contributed by atoms with Gasteiger partial charge >= 0.3 is 0 Å². The maximum atomic E-state index is 11.8. The van der Waals surface area contributed by atoms with E-state index in [2.05, 4.69) is 10.5 Å². The molecule has 0 saturated carbocycles. The van der Waals surface area contributed by atoms with E-state index in [0.29, 0.717) is 11.3 Å². The van der Waals surface area contributed by atoms with Crippen LogP contribution in [0.4, 0.5) is 0 Å². The molecule has 0 aliphatic rings. The van der Waals surface area contributed by atoms with E-state index in [9.17, 15) is 9.90 Å². The third-order valence-corrected chi connectivity index (χ3v) is 3.34. The number of phenolic OH excluding ortho intramolecular Hbond substituents is 1. The van der Waals surface area contributed by atoms with Crippen molar-refractivity contribution in [2.75, 3.05) is 6.61 Å². The molecule has 0 heterocycles. The molecule has 0 fully saturated rings. The van der Waals surface area contributed by atoms with Gasteiger partial charge in [0.15, 0.2) is 6.61 Å². The van der Waals surface area contributed by atoms with Crippen LogP contribution in [0.5, 0.6) is 11.5 Å². The molecule has 0 unspecified atom stereocenters. The standard InChI is InChI=1S/C18H20N2O3/c1-12-7-8-15(16(21)9-12)10-19-20-17(22)11-23-18-13(2)5-4-6-14(18)3/h4-10,21H,11H2,1-3H3,(H,20,22)/b19-10+. The van der Waals surface area contributed by atoms with Crippen molar-refractivity contribution in [3.8, 4) is 11.5 Å². The molecule has 23 heavy (non-hydrogen) atoms. The molecule has 2 N–H and O–H groups in total. The summed E-state index contributed by atoms with van der Waals surface area (Å²) in [7, 11) is 0.